The minimum absolute atomic E-state index is 0.154. The third-order valence-corrected chi connectivity index (χ3v) is 2.32. The van der Waals surface area contributed by atoms with Gasteiger partial charge in [-0.15, -0.1) is 0 Å². The zero-order valence-electron chi connectivity index (χ0n) is 8.67. The van der Waals surface area contributed by atoms with Crippen molar-refractivity contribution in [2.75, 3.05) is 0 Å². The number of aliphatic hydroxyl groups excluding tert-OH is 2. The fraction of sp³-hybridized carbons (Fsp3) is 0.167. The standard InChI is InChI=1S/C12H12N2O2/c15-7-10-6-11(12(8-16)14-13-10)9-4-2-1-3-5-9/h1-6,15-16H,7-8H2. The van der Waals surface area contributed by atoms with Gasteiger partial charge in [-0.2, -0.15) is 10.2 Å². The average molecular weight is 216 g/mol. The molecule has 2 rings (SSSR count). The number of aliphatic hydroxyl groups is 2. The van der Waals surface area contributed by atoms with Crippen LogP contribution < -0.4 is 0 Å². The maximum Gasteiger partial charge on any atom is 0.0963 e. The second-order valence-electron chi connectivity index (χ2n) is 3.38. The second-order valence-corrected chi connectivity index (χ2v) is 3.38. The van der Waals surface area contributed by atoms with Crippen molar-refractivity contribution in [1.29, 1.82) is 0 Å². The van der Waals surface area contributed by atoms with E-state index in [0.29, 0.717) is 11.4 Å². The van der Waals surface area contributed by atoms with Crippen molar-refractivity contribution in [2.24, 2.45) is 0 Å². The topological polar surface area (TPSA) is 66.2 Å². The molecule has 16 heavy (non-hydrogen) atoms. The van der Waals surface area contributed by atoms with Crippen LogP contribution in [-0.4, -0.2) is 20.4 Å². The van der Waals surface area contributed by atoms with Crippen molar-refractivity contribution in [3.05, 3.63) is 47.8 Å². The normalized spacial score (nSPS) is 10.4. The van der Waals surface area contributed by atoms with Gasteiger partial charge in [-0.05, 0) is 11.6 Å². The van der Waals surface area contributed by atoms with Gasteiger partial charge in [-0.3, -0.25) is 0 Å². The summed E-state index contributed by atoms with van der Waals surface area (Å²) < 4.78 is 0. The van der Waals surface area contributed by atoms with E-state index in [1.54, 1.807) is 6.07 Å². The Kier molecular flexibility index (Phi) is 3.24. The SMILES string of the molecule is OCc1cc(-c2ccccc2)c(CO)nn1. The molecule has 0 aliphatic rings. The Balaban J connectivity index is 2.53. The van der Waals surface area contributed by atoms with Crippen molar-refractivity contribution in [1.82, 2.24) is 10.2 Å². The molecule has 1 aromatic carbocycles. The summed E-state index contributed by atoms with van der Waals surface area (Å²) in [7, 11) is 0. The summed E-state index contributed by atoms with van der Waals surface area (Å²) >= 11 is 0. The number of aromatic nitrogens is 2. The van der Waals surface area contributed by atoms with Crippen LogP contribution in [0.2, 0.25) is 0 Å². The van der Waals surface area contributed by atoms with Crippen LogP contribution in [0.25, 0.3) is 11.1 Å². The van der Waals surface area contributed by atoms with E-state index in [9.17, 15) is 5.11 Å². The molecule has 0 spiro atoms. The zero-order valence-corrected chi connectivity index (χ0v) is 8.67. The molecule has 82 valence electrons. The summed E-state index contributed by atoms with van der Waals surface area (Å²) in [6, 6.07) is 11.3. The number of hydrogen-bond donors (Lipinski definition) is 2. The Labute approximate surface area is 93.2 Å². The number of hydrogen-bond acceptors (Lipinski definition) is 4. The Hall–Kier alpha value is -1.78. The monoisotopic (exact) mass is 216 g/mol. The minimum atomic E-state index is -0.164. The highest BCUT2D eigenvalue weighted by molar-refractivity contribution is 5.65. The lowest BCUT2D eigenvalue weighted by Crippen LogP contribution is -2.00. The van der Waals surface area contributed by atoms with Crippen molar-refractivity contribution < 1.29 is 10.2 Å². The van der Waals surface area contributed by atoms with Gasteiger partial charge in [-0.25, -0.2) is 0 Å². The number of rotatable bonds is 3. The van der Waals surface area contributed by atoms with E-state index >= 15 is 0 Å². The van der Waals surface area contributed by atoms with E-state index in [-0.39, 0.29) is 13.2 Å². The van der Waals surface area contributed by atoms with Gasteiger partial charge in [0.05, 0.1) is 24.6 Å². The lowest BCUT2D eigenvalue weighted by molar-refractivity contribution is 0.268. The van der Waals surface area contributed by atoms with Gasteiger partial charge in [0.1, 0.15) is 0 Å². The van der Waals surface area contributed by atoms with Gasteiger partial charge in [0.15, 0.2) is 0 Å². The first-order valence-corrected chi connectivity index (χ1v) is 4.97. The maximum absolute atomic E-state index is 9.18. The van der Waals surface area contributed by atoms with Crippen LogP contribution in [-0.2, 0) is 13.2 Å². The van der Waals surface area contributed by atoms with E-state index in [1.165, 1.54) is 0 Å². The quantitative estimate of drug-likeness (QED) is 0.807. The van der Waals surface area contributed by atoms with Crippen molar-refractivity contribution in [3.63, 3.8) is 0 Å². The second kappa shape index (κ2) is 4.83. The third-order valence-electron chi connectivity index (χ3n) is 2.32. The lowest BCUT2D eigenvalue weighted by Gasteiger charge is -2.07. The molecule has 0 radical (unpaired) electrons. The van der Waals surface area contributed by atoms with E-state index in [0.717, 1.165) is 11.1 Å². The summed E-state index contributed by atoms with van der Waals surface area (Å²) in [6.45, 7) is -0.318. The zero-order chi connectivity index (χ0) is 11.4. The van der Waals surface area contributed by atoms with Crippen LogP contribution in [0.5, 0.6) is 0 Å². The van der Waals surface area contributed by atoms with E-state index in [4.69, 9.17) is 5.11 Å². The van der Waals surface area contributed by atoms with Crippen LogP contribution in [0.15, 0.2) is 36.4 Å². The average Bonchev–Trinajstić information content (AvgIpc) is 2.39. The molecule has 0 amide bonds. The molecular weight excluding hydrogens is 204 g/mol. The summed E-state index contributed by atoms with van der Waals surface area (Å²) in [5.74, 6) is 0. The number of benzene rings is 1. The molecule has 2 N–H and O–H groups in total. The van der Waals surface area contributed by atoms with Crippen LogP contribution in [0.1, 0.15) is 11.4 Å². The first kappa shape index (κ1) is 10.7. The van der Waals surface area contributed by atoms with Gasteiger partial charge in [0, 0.05) is 5.56 Å². The van der Waals surface area contributed by atoms with E-state index in [2.05, 4.69) is 10.2 Å². The molecule has 0 bridgehead atoms. The summed E-state index contributed by atoms with van der Waals surface area (Å²) in [4.78, 5) is 0. The molecule has 0 aliphatic carbocycles. The first-order valence-electron chi connectivity index (χ1n) is 4.97. The third kappa shape index (κ3) is 2.08. The highest BCUT2D eigenvalue weighted by Crippen LogP contribution is 2.22. The fourth-order valence-corrected chi connectivity index (χ4v) is 1.52. The summed E-state index contributed by atoms with van der Waals surface area (Å²) in [5, 5.41) is 25.9. The number of nitrogens with zero attached hydrogens (tertiary/aromatic N) is 2. The van der Waals surface area contributed by atoms with Crippen LogP contribution >= 0.6 is 0 Å². The fourth-order valence-electron chi connectivity index (χ4n) is 1.52. The van der Waals surface area contributed by atoms with Gasteiger partial charge in [-0.1, -0.05) is 30.3 Å². The lowest BCUT2D eigenvalue weighted by atomic mass is 10.0. The Morgan fingerprint density at radius 3 is 2.31 bits per heavy atom. The van der Waals surface area contributed by atoms with Crippen LogP contribution in [0.3, 0.4) is 0 Å². The van der Waals surface area contributed by atoms with Gasteiger partial charge >= 0.3 is 0 Å². The summed E-state index contributed by atoms with van der Waals surface area (Å²) in [6.07, 6.45) is 0. The highest BCUT2D eigenvalue weighted by Gasteiger charge is 2.07. The molecule has 0 saturated carbocycles. The predicted octanol–water partition coefficient (Wildman–Crippen LogP) is 1.13. The Morgan fingerprint density at radius 2 is 1.69 bits per heavy atom. The minimum Gasteiger partial charge on any atom is -0.390 e. The molecule has 2 aromatic rings. The van der Waals surface area contributed by atoms with Crippen molar-refractivity contribution >= 4 is 0 Å². The molecule has 1 heterocycles. The smallest absolute Gasteiger partial charge is 0.0963 e. The predicted molar refractivity (Wildman–Crippen MR) is 59.3 cm³/mol. The molecule has 4 heteroatoms. The van der Waals surface area contributed by atoms with Gasteiger partial charge in [0.2, 0.25) is 0 Å². The molecule has 0 aliphatic heterocycles. The Bertz CT molecular complexity index is 472. The van der Waals surface area contributed by atoms with Crippen molar-refractivity contribution in [2.45, 2.75) is 13.2 Å². The van der Waals surface area contributed by atoms with Gasteiger partial charge in [0.25, 0.3) is 0 Å². The molecular formula is C12H12N2O2. The molecule has 0 saturated heterocycles. The van der Waals surface area contributed by atoms with Gasteiger partial charge < -0.3 is 10.2 Å². The molecule has 0 unspecified atom stereocenters. The molecule has 0 atom stereocenters. The first-order chi connectivity index (χ1) is 7.85. The largest absolute Gasteiger partial charge is 0.390 e. The van der Waals surface area contributed by atoms with Crippen LogP contribution in [0, 0.1) is 0 Å². The van der Waals surface area contributed by atoms with E-state index in [1.807, 2.05) is 30.3 Å². The summed E-state index contributed by atoms with van der Waals surface area (Å²) in [5.41, 5.74) is 2.78. The Morgan fingerprint density at radius 1 is 0.938 bits per heavy atom. The van der Waals surface area contributed by atoms with E-state index < -0.39 is 0 Å². The van der Waals surface area contributed by atoms with Crippen LogP contribution in [0.4, 0.5) is 0 Å². The maximum atomic E-state index is 9.18. The molecule has 4 nitrogen and oxygen atoms in total. The highest BCUT2D eigenvalue weighted by atomic mass is 16.3. The molecule has 0 fully saturated rings. The van der Waals surface area contributed by atoms with Crippen molar-refractivity contribution in [3.8, 4) is 11.1 Å². The molecule has 1 aromatic heterocycles.